The molecule has 0 saturated heterocycles. The minimum absolute atomic E-state index is 0.495. The lowest BCUT2D eigenvalue weighted by Gasteiger charge is -2.11. The summed E-state index contributed by atoms with van der Waals surface area (Å²) in [5, 5.41) is 18.0. The number of para-hydroxylation sites is 1. The van der Waals surface area contributed by atoms with Gasteiger partial charge in [0.1, 0.15) is 0 Å². The fourth-order valence-electron chi connectivity index (χ4n) is 1.79. The van der Waals surface area contributed by atoms with Crippen LogP contribution < -0.4 is 0 Å². The number of nitrogens with zero attached hydrogens (tertiary/aromatic N) is 3. The Kier molecular flexibility index (Phi) is 3.88. The van der Waals surface area contributed by atoms with E-state index in [1.807, 2.05) is 30.3 Å². The Bertz CT molecular complexity index is 453. The largest absolute Gasteiger partial charge is 0.387 e. The highest BCUT2D eigenvalue weighted by Crippen LogP contribution is 2.20. The summed E-state index contributed by atoms with van der Waals surface area (Å²) >= 11 is 0. The molecule has 0 aliphatic carbocycles. The van der Waals surface area contributed by atoms with E-state index in [1.54, 1.807) is 10.9 Å². The van der Waals surface area contributed by atoms with Crippen molar-refractivity contribution in [2.24, 2.45) is 0 Å². The smallest absolute Gasteiger partial charge is 0.0977 e. The van der Waals surface area contributed by atoms with Gasteiger partial charge in [-0.1, -0.05) is 43.2 Å². The molecule has 0 radical (unpaired) electrons. The molecule has 0 saturated carbocycles. The maximum Gasteiger partial charge on any atom is 0.0977 e. The van der Waals surface area contributed by atoms with Crippen LogP contribution in [0.2, 0.25) is 0 Å². The Labute approximate surface area is 101 Å². The average molecular weight is 231 g/mol. The second-order valence-electron chi connectivity index (χ2n) is 4.06. The molecule has 0 spiro atoms. The van der Waals surface area contributed by atoms with Gasteiger partial charge in [-0.25, -0.2) is 4.68 Å². The molecule has 2 rings (SSSR count). The highest BCUT2D eigenvalue weighted by Gasteiger charge is 2.14. The number of unbranched alkanes of at least 4 members (excludes halogenated alkanes) is 1. The maximum atomic E-state index is 10.1. The maximum absolute atomic E-state index is 10.1. The zero-order valence-electron chi connectivity index (χ0n) is 9.95. The highest BCUT2D eigenvalue weighted by atomic mass is 16.3. The van der Waals surface area contributed by atoms with E-state index in [-0.39, 0.29) is 0 Å². The van der Waals surface area contributed by atoms with E-state index in [4.69, 9.17) is 0 Å². The molecule has 4 heteroatoms. The van der Waals surface area contributed by atoms with Crippen molar-refractivity contribution in [1.82, 2.24) is 15.0 Å². The van der Waals surface area contributed by atoms with Crippen molar-refractivity contribution < 1.29 is 5.11 Å². The molecule has 4 nitrogen and oxygen atoms in total. The first kappa shape index (κ1) is 11.8. The Morgan fingerprint density at radius 3 is 2.76 bits per heavy atom. The molecule has 1 N–H and O–H groups in total. The SMILES string of the molecule is CCCCC(O)c1cnnn1-c1ccccc1. The number of rotatable bonds is 5. The minimum atomic E-state index is -0.495. The van der Waals surface area contributed by atoms with Crippen LogP contribution in [-0.2, 0) is 0 Å². The number of aliphatic hydroxyl groups is 1. The zero-order valence-corrected chi connectivity index (χ0v) is 9.95. The molecule has 1 atom stereocenters. The lowest BCUT2D eigenvalue weighted by molar-refractivity contribution is 0.156. The van der Waals surface area contributed by atoms with Gasteiger partial charge in [-0.3, -0.25) is 0 Å². The second kappa shape index (κ2) is 5.59. The number of benzene rings is 1. The van der Waals surface area contributed by atoms with Crippen LogP contribution in [-0.4, -0.2) is 20.1 Å². The van der Waals surface area contributed by atoms with Gasteiger partial charge in [0, 0.05) is 0 Å². The predicted octanol–water partition coefficient (Wildman–Crippen LogP) is 2.49. The molecule has 90 valence electrons. The third-order valence-corrected chi connectivity index (χ3v) is 2.75. The van der Waals surface area contributed by atoms with Crippen LogP contribution in [0.3, 0.4) is 0 Å². The van der Waals surface area contributed by atoms with Crippen LogP contribution in [0.25, 0.3) is 5.69 Å². The van der Waals surface area contributed by atoms with Gasteiger partial charge in [0.15, 0.2) is 0 Å². The Morgan fingerprint density at radius 2 is 2.06 bits per heavy atom. The Balaban J connectivity index is 2.23. The van der Waals surface area contributed by atoms with Gasteiger partial charge in [0.05, 0.1) is 23.7 Å². The molecule has 2 aromatic rings. The van der Waals surface area contributed by atoms with Crippen LogP contribution in [0, 0.1) is 0 Å². The lowest BCUT2D eigenvalue weighted by Crippen LogP contribution is -2.07. The van der Waals surface area contributed by atoms with Gasteiger partial charge in [-0.15, -0.1) is 5.10 Å². The van der Waals surface area contributed by atoms with Crippen LogP contribution >= 0.6 is 0 Å². The van der Waals surface area contributed by atoms with Gasteiger partial charge in [0.25, 0.3) is 0 Å². The molecule has 0 aliphatic heterocycles. The summed E-state index contributed by atoms with van der Waals surface area (Å²) in [5.41, 5.74) is 1.68. The van der Waals surface area contributed by atoms with Gasteiger partial charge in [0.2, 0.25) is 0 Å². The van der Waals surface area contributed by atoms with E-state index >= 15 is 0 Å². The van der Waals surface area contributed by atoms with Crippen molar-refractivity contribution in [2.45, 2.75) is 32.3 Å². The highest BCUT2D eigenvalue weighted by molar-refractivity contribution is 5.31. The van der Waals surface area contributed by atoms with Crippen molar-refractivity contribution in [3.05, 3.63) is 42.2 Å². The minimum Gasteiger partial charge on any atom is -0.387 e. The molecule has 0 bridgehead atoms. The van der Waals surface area contributed by atoms with Gasteiger partial charge in [-0.2, -0.15) is 0 Å². The van der Waals surface area contributed by atoms with E-state index < -0.39 is 6.10 Å². The van der Waals surface area contributed by atoms with Crippen LogP contribution in [0.1, 0.15) is 38.0 Å². The van der Waals surface area contributed by atoms with Crippen molar-refractivity contribution in [1.29, 1.82) is 0 Å². The monoisotopic (exact) mass is 231 g/mol. The van der Waals surface area contributed by atoms with E-state index in [2.05, 4.69) is 17.2 Å². The van der Waals surface area contributed by atoms with Crippen molar-refractivity contribution in [3.8, 4) is 5.69 Å². The molecular weight excluding hydrogens is 214 g/mol. The third kappa shape index (κ3) is 2.71. The summed E-state index contributed by atoms with van der Waals surface area (Å²) in [5.74, 6) is 0. The van der Waals surface area contributed by atoms with Gasteiger partial charge in [-0.05, 0) is 18.6 Å². The summed E-state index contributed by atoms with van der Waals surface area (Å²) in [6.45, 7) is 2.11. The van der Waals surface area contributed by atoms with Gasteiger partial charge >= 0.3 is 0 Å². The van der Waals surface area contributed by atoms with E-state index in [0.717, 1.165) is 30.6 Å². The number of hydrogen-bond acceptors (Lipinski definition) is 3. The van der Waals surface area contributed by atoms with Crippen LogP contribution in [0.15, 0.2) is 36.5 Å². The van der Waals surface area contributed by atoms with E-state index in [9.17, 15) is 5.11 Å². The number of aliphatic hydroxyl groups excluding tert-OH is 1. The fraction of sp³-hybridized carbons (Fsp3) is 0.385. The Hall–Kier alpha value is -1.68. The molecule has 1 heterocycles. The molecular formula is C13H17N3O. The summed E-state index contributed by atoms with van der Waals surface area (Å²) in [6.07, 6.45) is 3.96. The van der Waals surface area contributed by atoms with Crippen molar-refractivity contribution in [2.75, 3.05) is 0 Å². The summed E-state index contributed by atoms with van der Waals surface area (Å²) in [4.78, 5) is 0. The number of aromatic nitrogens is 3. The van der Waals surface area contributed by atoms with E-state index in [1.165, 1.54) is 0 Å². The summed E-state index contributed by atoms with van der Waals surface area (Å²) in [7, 11) is 0. The van der Waals surface area contributed by atoms with Crippen molar-refractivity contribution in [3.63, 3.8) is 0 Å². The first-order valence-corrected chi connectivity index (χ1v) is 5.97. The first-order chi connectivity index (χ1) is 8.33. The van der Waals surface area contributed by atoms with Crippen molar-refractivity contribution >= 4 is 0 Å². The fourth-order valence-corrected chi connectivity index (χ4v) is 1.79. The predicted molar refractivity (Wildman–Crippen MR) is 65.8 cm³/mol. The second-order valence-corrected chi connectivity index (χ2v) is 4.06. The van der Waals surface area contributed by atoms with Crippen LogP contribution in [0.5, 0.6) is 0 Å². The molecule has 0 aliphatic rings. The molecule has 1 unspecified atom stereocenters. The topological polar surface area (TPSA) is 50.9 Å². The third-order valence-electron chi connectivity index (χ3n) is 2.75. The van der Waals surface area contributed by atoms with Crippen LogP contribution in [0.4, 0.5) is 0 Å². The lowest BCUT2D eigenvalue weighted by atomic mass is 10.1. The normalized spacial score (nSPS) is 12.6. The molecule has 1 aromatic heterocycles. The zero-order chi connectivity index (χ0) is 12.1. The molecule has 1 aromatic carbocycles. The standard InChI is InChI=1S/C13H17N3O/c1-2-3-9-13(17)12-10-14-15-16(12)11-7-5-4-6-8-11/h4-8,10,13,17H,2-3,9H2,1H3. The summed E-state index contributed by atoms with van der Waals surface area (Å²) in [6, 6.07) is 9.74. The molecule has 0 fully saturated rings. The first-order valence-electron chi connectivity index (χ1n) is 5.97. The average Bonchev–Trinajstić information content (AvgIpc) is 2.86. The summed E-state index contributed by atoms with van der Waals surface area (Å²) < 4.78 is 1.69. The molecule has 0 amide bonds. The number of hydrogen-bond donors (Lipinski definition) is 1. The quantitative estimate of drug-likeness (QED) is 0.860. The van der Waals surface area contributed by atoms with Gasteiger partial charge < -0.3 is 5.11 Å². The van der Waals surface area contributed by atoms with E-state index in [0.29, 0.717) is 0 Å². The molecule has 17 heavy (non-hydrogen) atoms. The Morgan fingerprint density at radius 1 is 1.29 bits per heavy atom.